The molecule has 0 fully saturated rings. The molecular weight excluding hydrogens is 465 g/mol. The van der Waals surface area contributed by atoms with Crippen molar-refractivity contribution in [1.29, 1.82) is 0 Å². The fraction of sp³-hybridized carbons (Fsp3) is 0.304. The van der Waals surface area contributed by atoms with Crippen LogP contribution in [-0.2, 0) is 12.4 Å². The number of hydrogen-bond donors (Lipinski definition) is 0. The summed E-state index contributed by atoms with van der Waals surface area (Å²) in [7, 11) is 0. The lowest BCUT2D eigenvalue weighted by molar-refractivity contribution is 0.278. The Balaban J connectivity index is 1.49. The monoisotopic (exact) mass is 487 g/mol. The largest absolute Gasteiger partial charge is 0.484 e. The lowest BCUT2D eigenvalue weighted by Gasteiger charge is -2.19. The SMILES string of the molecule is CCC(CC)n1c(COc2ccccc2Cl)nnc1SCc1nc(-c2ccc(F)cc2)no1. The molecule has 0 aliphatic heterocycles. The second-order valence-electron chi connectivity index (χ2n) is 7.27. The van der Waals surface area contributed by atoms with Crippen LogP contribution in [0, 0.1) is 5.82 Å². The zero-order valence-electron chi connectivity index (χ0n) is 18.2. The number of rotatable bonds is 10. The first-order valence-electron chi connectivity index (χ1n) is 10.6. The van der Waals surface area contributed by atoms with Gasteiger partial charge in [0.15, 0.2) is 11.0 Å². The van der Waals surface area contributed by atoms with Crippen LogP contribution >= 0.6 is 23.4 Å². The van der Waals surface area contributed by atoms with Gasteiger partial charge >= 0.3 is 0 Å². The fourth-order valence-electron chi connectivity index (χ4n) is 3.38. The topological polar surface area (TPSA) is 78.9 Å². The van der Waals surface area contributed by atoms with Gasteiger partial charge in [-0.2, -0.15) is 4.98 Å². The first-order chi connectivity index (χ1) is 16.1. The molecule has 2 heterocycles. The molecule has 0 saturated heterocycles. The lowest BCUT2D eigenvalue weighted by Crippen LogP contribution is -2.14. The molecule has 0 unspecified atom stereocenters. The molecule has 0 radical (unpaired) electrons. The molecule has 0 atom stereocenters. The van der Waals surface area contributed by atoms with Crippen LogP contribution in [0.25, 0.3) is 11.4 Å². The van der Waals surface area contributed by atoms with Gasteiger partial charge in [0, 0.05) is 11.6 Å². The summed E-state index contributed by atoms with van der Waals surface area (Å²) in [6, 6.07) is 13.5. The molecule has 0 spiro atoms. The molecule has 10 heteroatoms. The molecule has 172 valence electrons. The van der Waals surface area contributed by atoms with E-state index in [0.717, 1.165) is 23.8 Å². The third kappa shape index (κ3) is 5.54. The molecule has 4 rings (SSSR count). The standard InChI is InChI=1S/C23H23ClFN5O2S/c1-3-17(4-2)30-20(13-31-19-8-6-5-7-18(19)24)27-28-23(30)33-14-21-26-22(29-32-21)15-9-11-16(25)12-10-15/h5-12,17H,3-4,13-14H2,1-2H3. The first-order valence-corrected chi connectivity index (χ1v) is 12.0. The van der Waals surface area contributed by atoms with E-state index < -0.39 is 0 Å². The van der Waals surface area contributed by atoms with Crippen molar-refractivity contribution in [3.63, 3.8) is 0 Å². The molecule has 33 heavy (non-hydrogen) atoms. The van der Waals surface area contributed by atoms with Gasteiger partial charge in [-0.3, -0.25) is 0 Å². The van der Waals surface area contributed by atoms with E-state index >= 15 is 0 Å². The Labute approximate surface area is 200 Å². The smallest absolute Gasteiger partial charge is 0.237 e. The summed E-state index contributed by atoms with van der Waals surface area (Å²) in [4.78, 5) is 4.41. The summed E-state index contributed by atoms with van der Waals surface area (Å²) in [5.41, 5.74) is 0.690. The molecule has 0 saturated carbocycles. The minimum Gasteiger partial charge on any atom is -0.484 e. The van der Waals surface area contributed by atoms with Crippen LogP contribution in [0.5, 0.6) is 5.75 Å². The minimum absolute atomic E-state index is 0.227. The number of hydrogen-bond acceptors (Lipinski definition) is 7. The van der Waals surface area contributed by atoms with Crippen molar-refractivity contribution in [1.82, 2.24) is 24.9 Å². The summed E-state index contributed by atoms with van der Waals surface area (Å²) in [6.45, 7) is 4.52. The summed E-state index contributed by atoms with van der Waals surface area (Å²) >= 11 is 7.68. The average molecular weight is 488 g/mol. The Morgan fingerprint density at radius 2 is 1.85 bits per heavy atom. The lowest BCUT2D eigenvalue weighted by atomic mass is 10.2. The van der Waals surface area contributed by atoms with Crippen LogP contribution in [0.4, 0.5) is 4.39 Å². The molecule has 0 aliphatic carbocycles. The van der Waals surface area contributed by atoms with Crippen molar-refractivity contribution in [2.24, 2.45) is 0 Å². The quantitative estimate of drug-likeness (QED) is 0.241. The maximum Gasteiger partial charge on any atom is 0.237 e. The molecular formula is C23H23ClFN5O2S. The maximum absolute atomic E-state index is 13.2. The van der Waals surface area contributed by atoms with Gasteiger partial charge in [-0.1, -0.05) is 54.5 Å². The molecule has 2 aromatic carbocycles. The van der Waals surface area contributed by atoms with Gasteiger partial charge in [0.2, 0.25) is 11.7 Å². The summed E-state index contributed by atoms with van der Waals surface area (Å²) in [6.07, 6.45) is 1.85. The molecule has 2 aromatic heterocycles. The van der Waals surface area contributed by atoms with Crippen molar-refractivity contribution in [3.8, 4) is 17.1 Å². The Morgan fingerprint density at radius 1 is 1.09 bits per heavy atom. The third-order valence-corrected chi connectivity index (χ3v) is 6.37. The molecule has 0 N–H and O–H groups in total. The molecule has 0 aliphatic rings. The zero-order valence-corrected chi connectivity index (χ0v) is 19.8. The van der Waals surface area contributed by atoms with Crippen LogP contribution in [0.2, 0.25) is 5.02 Å². The third-order valence-electron chi connectivity index (χ3n) is 5.13. The predicted octanol–water partition coefficient (Wildman–Crippen LogP) is 6.35. The Hall–Kier alpha value is -2.91. The summed E-state index contributed by atoms with van der Waals surface area (Å²) in [5, 5.41) is 14.1. The second kappa shape index (κ2) is 10.8. The zero-order chi connectivity index (χ0) is 23.2. The van der Waals surface area contributed by atoms with Gasteiger partial charge in [0.1, 0.15) is 18.2 Å². The maximum atomic E-state index is 13.2. The van der Waals surface area contributed by atoms with Gasteiger partial charge in [0.05, 0.1) is 10.8 Å². The fourth-order valence-corrected chi connectivity index (χ4v) is 4.44. The highest BCUT2D eigenvalue weighted by Gasteiger charge is 2.20. The normalized spacial score (nSPS) is 11.3. The van der Waals surface area contributed by atoms with Crippen molar-refractivity contribution >= 4 is 23.4 Å². The van der Waals surface area contributed by atoms with Gasteiger partial charge in [-0.15, -0.1) is 10.2 Å². The Morgan fingerprint density at radius 3 is 2.58 bits per heavy atom. The summed E-state index contributed by atoms with van der Waals surface area (Å²) < 4.78 is 26.5. The van der Waals surface area contributed by atoms with Crippen molar-refractivity contribution in [3.05, 3.63) is 71.1 Å². The van der Waals surface area contributed by atoms with Crippen LogP contribution in [0.15, 0.2) is 58.2 Å². The highest BCUT2D eigenvalue weighted by atomic mass is 35.5. The minimum atomic E-state index is -0.312. The molecule has 4 aromatic rings. The van der Waals surface area contributed by atoms with Gasteiger partial charge < -0.3 is 13.8 Å². The van der Waals surface area contributed by atoms with Crippen molar-refractivity contribution in [2.45, 2.75) is 50.2 Å². The molecule has 7 nitrogen and oxygen atoms in total. The van der Waals surface area contributed by atoms with E-state index in [9.17, 15) is 4.39 Å². The number of thioether (sulfide) groups is 1. The van der Waals surface area contributed by atoms with Gasteiger partial charge in [-0.05, 0) is 49.2 Å². The van der Waals surface area contributed by atoms with E-state index in [1.54, 1.807) is 18.2 Å². The van der Waals surface area contributed by atoms with Crippen LogP contribution in [0.3, 0.4) is 0 Å². The second-order valence-corrected chi connectivity index (χ2v) is 8.62. The first kappa shape index (κ1) is 23.3. The van der Waals surface area contributed by atoms with E-state index in [1.807, 2.05) is 18.2 Å². The summed E-state index contributed by atoms with van der Waals surface area (Å²) in [5.74, 6) is 2.31. The van der Waals surface area contributed by atoms with Crippen LogP contribution < -0.4 is 4.74 Å². The average Bonchev–Trinajstić information content (AvgIpc) is 3.46. The van der Waals surface area contributed by atoms with E-state index in [1.165, 1.54) is 23.9 Å². The molecule has 0 bridgehead atoms. The highest BCUT2D eigenvalue weighted by Crippen LogP contribution is 2.30. The van der Waals surface area contributed by atoms with E-state index in [0.29, 0.717) is 33.8 Å². The molecule has 0 amide bonds. The number of halogens is 2. The number of para-hydroxylation sites is 1. The highest BCUT2D eigenvalue weighted by molar-refractivity contribution is 7.98. The van der Waals surface area contributed by atoms with Gasteiger partial charge in [-0.25, -0.2) is 4.39 Å². The van der Waals surface area contributed by atoms with Gasteiger partial charge in [0.25, 0.3) is 0 Å². The van der Waals surface area contributed by atoms with Crippen molar-refractivity contribution < 1.29 is 13.7 Å². The van der Waals surface area contributed by atoms with Crippen molar-refractivity contribution in [2.75, 3.05) is 0 Å². The number of aromatic nitrogens is 5. The number of ether oxygens (including phenoxy) is 1. The van der Waals surface area contributed by atoms with E-state index in [2.05, 4.69) is 38.8 Å². The van der Waals surface area contributed by atoms with E-state index in [-0.39, 0.29) is 18.5 Å². The Bertz CT molecular complexity index is 1190. The van der Waals surface area contributed by atoms with Crippen LogP contribution in [-0.4, -0.2) is 24.9 Å². The van der Waals surface area contributed by atoms with E-state index in [4.69, 9.17) is 20.9 Å². The Kier molecular flexibility index (Phi) is 7.61. The van der Waals surface area contributed by atoms with Crippen LogP contribution in [0.1, 0.15) is 44.4 Å². The predicted molar refractivity (Wildman–Crippen MR) is 125 cm³/mol. The number of benzene rings is 2. The number of nitrogens with zero attached hydrogens (tertiary/aromatic N) is 5.